The Balaban J connectivity index is 1.33. The summed E-state index contributed by atoms with van der Waals surface area (Å²) in [5, 5.41) is 4.90. The lowest BCUT2D eigenvalue weighted by atomic mass is 9.96. The molecule has 5 heterocycles. The van der Waals surface area contributed by atoms with Crippen LogP contribution in [-0.2, 0) is 6.42 Å². The maximum absolute atomic E-state index is 13.8. The second-order valence-corrected chi connectivity index (χ2v) is 10.1. The predicted molar refractivity (Wildman–Crippen MR) is 134 cm³/mol. The Morgan fingerprint density at radius 1 is 1.15 bits per heavy atom. The number of nitrogens with zero attached hydrogens (tertiary/aromatic N) is 6. The highest BCUT2D eigenvalue weighted by Crippen LogP contribution is 2.35. The van der Waals surface area contributed by atoms with Crippen molar-refractivity contribution >= 4 is 23.1 Å². The molecular weight excluding hydrogens is 426 g/mol. The molecule has 8 heteroatoms. The fourth-order valence-corrected chi connectivity index (χ4v) is 5.91. The van der Waals surface area contributed by atoms with Crippen molar-refractivity contribution < 1.29 is 4.79 Å². The van der Waals surface area contributed by atoms with Gasteiger partial charge >= 0.3 is 0 Å². The minimum atomic E-state index is -0.0260. The van der Waals surface area contributed by atoms with Crippen molar-refractivity contribution in [2.75, 3.05) is 43.0 Å². The molecule has 2 fully saturated rings. The van der Waals surface area contributed by atoms with Crippen LogP contribution in [0, 0.1) is 6.92 Å². The molecule has 3 aliphatic heterocycles. The summed E-state index contributed by atoms with van der Waals surface area (Å²) in [5.41, 5.74) is 12.2. The van der Waals surface area contributed by atoms with E-state index in [2.05, 4.69) is 42.1 Å². The third-order valence-electron chi connectivity index (χ3n) is 7.74. The molecule has 0 bridgehead atoms. The van der Waals surface area contributed by atoms with E-state index in [9.17, 15) is 4.79 Å². The third-order valence-corrected chi connectivity index (χ3v) is 7.74. The van der Waals surface area contributed by atoms with Gasteiger partial charge in [0.2, 0.25) is 0 Å². The number of hydrogen-bond acceptors (Lipinski definition) is 6. The molecule has 3 aromatic rings. The molecular formula is C26H33N7O. The molecule has 2 aromatic heterocycles. The molecule has 0 aliphatic carbocycles. The molecule has 0 saturated carbocycles. The first-order valence-corrected chi connectivity index (χ1v) is 12.5. The largest absolute Gasteiger partial charge is 0.374 e. The molecule has 1 aromatic carbocycles. The lowest BCUT2D eigenvalue weighted by Gasteiger charge is -2.35. The fourth-order valence-electron chi connectivity index (χ4n) is 5.91. The Morgan fingerprint density at radius 3 is 2.85 bits per heavy atom. The molecule has 1 amide bonds. The summed E-state index contributed by atoms with van der Waals surface area (Å²) >= 11 is 0. The second kappa shape index (κ2) is 8.27. The molecule has 2 N–H and O–H groups in total. The molecule has 0 radical (unpaired) electrons. The van der Waals surface area contributed by atoms with Gasteiger partial charge in [0, 0.05) is 68.3 Å². The van der Waals surface area contributed by atoms with E-state index in [1.807, 2.05) is 21.5 Å². The first-order chi connectivity index (χ1) is 16.5. The van der Waals surface area contributed by atoms with E-state index in [0.717, 1.165) is 86.6 Å². The predicted octanol–water partition coefficient (Wildman–Crippen LogP) is 2.93. The summed E-state index contributed by atoms with van der Waals surface area (Å²) in [6.07, 6.45) is 7.03. The van der Waals surface area contributed by atoms with E-state index in [-0.39, 0.29) is 18.0 Å². The van der Waals surface area contributed by atoms with E-state index < -0.39 is 0 Å². The van der Waals surface area contributed by atoms with Gasteiger partial charge in [0.1, 0.15) is 5.82 Å². The number of likely N-dealkylation sites (tertiary alicyclic amines) is 1. The maximum Gasteiger partial charge on any atom is 0.254 e. The first-order valence-electron chi connectivity index (χ1n) is 12.5. The van der Waals surface area contributed by atoms with Gasteiger partial charge in [0.15, 0.2) is 5.65 Å². The summed E-state index contributed by atoms with van der Waals surface area (Å²) in [4.78, 5) is 25.3. The van der Waals surface area contributed by atoms with Gasteiger partial charge in [-0.05, 0) is 56.7 Å². The number of hydrogen-bond donors (Lipinski definition) is 1. The van der Waals surface area contributed by atoms with Crippen LogP contribution in [0.4, 0.5) is 11.5 Å². The van der Waals surface area contributed by atoms with Crippen molar-refractivity contribution in [1.29, 1.82) is 0 Å². The zero-order valence-corrected chi connectivity index (χ0v) is 20.1. The topological polar surface area (TPSA) is 83.0 Å². The van der Waals surface area contributed by atoms with E-state index in [0.29, 0.717) is 0 Å². The summed E-state index contributed by atoms with van der Waals surface area (Å²) in [5.74, 6) is 1.12. The lowest BCUT2D eigenvalue weighted by Crippen LogP contribution is -2.39. The van der Waals surface area contributed by atoms with E-state index in [1.54, 1.807) is 0 Å². The van der Waals surface area contributed by atoms with Gasteiger partial charge in [-0.25, -0.2) is 9.50 Å². The van der Waals surface area contributed by atoms with Gasteiger partial charge in [-0.2, -0.15) is 5.10 Å². The van der Waals surface area contributed by atoms with Crippen molar-refractivity contribution in [3.05, 3.63) is 52.8 Å². The van der Waals surface area contributed by atoms with Crippen LogP contribution in [-0.4, -0.2) is 64.7 Å². The standard InChI is InChI=1S/C26H33N7O/c1-17-15-33-24(28-25(17)31-13-9-18(27)16-31)14-21(29-33)23-7-3-4-11-32(23)26(34)20-6-5-8-22-19(20)10-12-30(22)2/h5-6,8,14-15,18,23H,3-4,7,9-13,16,27H2,1-2H3/t18-,23-/m0/s1. The minimum Gasteiger partial charge on any atom is -0.374 e. The number of benzene rings is 1. The third kappa shape index (κ3) is 3.52. The van der Waals surface area contributed by atoms with Crippen LogP contribution in [0.5, 0.6) is 0 Å². The molecule has 178 valence electrons. The average Bonchev–Trinajstić information content (AvgIpc) is 3.56. The maximum atomic E-state index is 13.8. The fraction of sp³-hybridized carbons (Fsp3) is 0.500. The Labute approximate surface area is 200 Å². The smallest absolute Gasteiger partial charge is 0.254 e. The van der Waals surface area contributed by atoms with Crippen LogP contribution in [0.15, 0.2) is 30.5 Å². The number of fused-ring (bicyclic) bond motifs is 2. The van der Waals surface area contributed by atoms with E-state index in [4.69, 9.17) is 15.8 Å². The number of nitrogens with two attached hydrogens (primary N) is 1. The van der Waals surface area contributed by atoms with Crippen LogP contribution in [0.1, 0.15) is 58.9 Å². The molecule has 0 spiro atoms. The normalized spacial score (nSPS) is 22.6. The number of carbonyl (C=O) groups excluding carboxylic acids is 1. The van der Waals surface area contributed by atoms with Crippen LogP contribution < -0.4 is 15.5 Å². The van der Waals surface area contributed by atoms with E-state index in [1.165, 1.54) is 11.3 Å². The average molecular weight is 460 g/mol. The number of aryl methyl sites for hydroxylation is 1. The lowest BCUT2D eigenvalue weighted by molar-refractivity contribution is 0.0605. The monoisotopic (exact) mass is 459 g/mol. The number of likely N-dealkylation sites (N-methyl/N-ethyl adjacent to an activating group) is 1. The Hall–Kier alpha value is -3.13. The minimum absolute atomic E-state index is 0.0260. The highest BCUT2D eigenvalue weighted by atomic mass is 16.2. The number of rotatable bonds is 3. The van der Waals surface area contributed by atoms with Gasteiger partial charge in [-0.3, -0.25) is 4.79 Å². The zero-order valence-electron chi connectivity index (χ0n) is 20.1. The summed E-state index contributed by atoms with van der Waals surface area (Å²) in [6, 6.07) is 8.37. The van der Waals surface area contributed by atoms with Crippen LogP contribution in [0.2, 0.25) is 0 Å². The highest BCUT2D eigenvalue weighted by molar-refractivity contribution is 5.98. The molecule has 6 rings (SSSR count). The summed E-state index contributed by atoms with van der Waals surface area (Å²) < 4.78 is 1.87. The van der Waals surface area contributed by atoms with Crippen LogP contribution in [0.3, 0.4) is 0 Å². The Morgan fingerprint density at radius 2 is 2.03 bits per heavy atom. The number of amides is 1. The summed E-state index contributed by atoms with van der Waals surface area (Å²) in [7, 11) is 2.10. The molecule has 2 atom stereocenters. The van der Waals surface area contributed by atoms with Gasteiger partial charge in [0.25, 0.3) is 5.91 Å². The van der Waals surface area contributed by atoms with Gasteiger partial charge in [-0.15, -0.1) is 0 Å². The Kier molecular flexibility index (Phi) is 5.21. The number of aromatic nitrogens is 3. The highest BCUT2D eigenvalue weighted by Gasteiger charge is 2.33. The van der Waals surface area contributed by atoms with Crippen molar-refractivity contribution in [2.45, 2.75) is 51.1 Å². The molecule has 0 unspecified atom stereocenters. The van der Waals surface area contributed by atoms with E-state index >= 15 is 0 Å². The molecule has 8 nitrogen and oxygen atoms in total. The van der Waals surface area contributed by atoms with Crippen LogP contribution >= 0.6 is 0 Å². The van der Waals surface area contributed by atoms with Gasteiger partial charge < -0.3 is 20.4 Å². The molecule has 34 heavy (non-hydrogen) atoms. The van der Waals surface area contributed by atoms with Gasteiger partial charge in [-0.1, -0.05) is 6.07 Å². The molecule has 2 saturated heterocycles. The zero-order chi connectivity index (χ0) is 23.4. The molecule has 3 aliphatic rings. The Bertz CT molecular complexity index is 1250. The number of piperidine rings is 1. The van der Waals surface area contributed by atoms with Crippen molar-refractivity contribution in [2.24, 2.45) is 5.73 Å². The second-order valence-electron chi connectivity index (χ2n) is 10.1. The number of anilines is 2. The number of carbonyl (C=O) groups is 1. The van der Waals surface area contributed by atoms with Crippen molar-refractivity contribution in [3.8, 4) is 0 Å². The van der Waals surface area contributed by atoms with Gasteiger partial charge in [0.05, 0.1) is 11.7 Å². The SMILES string of the molecule is Cc1cn2nc([C@@H]3CCCCN3C(=O)c3cccc4c3CCN4C)cc2nc1N1CC[C@H](N)C1. The van der Waals surface area contributed by atoms with Crippen molar-refractivity contribution in [3.63, 3.8) is 0 Å². The quantitative estimate of drug-likeness (QED) is 0.649. The summed E-state index contributed by atoms with van der Waals surface area (Å²) in [6.45, 7) is 5.58. The van der Waals surface area contributed by atoms with Crippen LogP contribution in [0.25, 0.3) is 5.65 Å². The van der Waals surface area contributed by atoms with Crippen molar-refractivity contribution in [1.82, 2.24) is 19.5 Å². The first kappa shape index (κ1) is 21.4.